The minimum atomic E-state index is -0.552. The molecule has 0 aromatic carbocycles. The Labute approximate surface area is 99.4 Å². The van der Waals surface area contributed by atoms with Gasteiger partial charge in [-0.1, -0.05) is 5.11 Å². The topological polar surface area (TPSA) is 91.6 Å². The maximum absolute atomic E-state index is 11.7. The van der Waals surface area contributed by atoms with E-state index in [0.717, 1.165) is 0 Å². The molecule has 1 aliphatic heterocycles. The van der Waals surface area contributed by atoms with Crippen LogP contribution in [0.15, 0.2) is 10.4 Å². The van der Waals surface area contributed by atoms with Crippen LogP contribution in [0.1, 0.15) is 27.2 Å². The Bertz CT molecular complexity index is 335. The van der Waals surface area contributed by atoms with Crippen molar-refractivity contribution in [3.8, 4) is 0 Å². The summed E-state index contributed by atoms with van der Waals surface area (Å²) in [6.07, 6.45) is 0.0747. The minimum absolute atomic E-state index is 0.257. The van der Waals surface area contributed by atoms with E-state index in [1.165, 1.54) is 4.90 Å². The number of amides is 2. The van der Waals surface area contributed by atoms with E-state index in [4.69, 9.17) is 9.94 Å². The van der Waals surface area contributed by atoms with Crippen LogP contribution in [0, 0.1) is 5.92 Å². The molecule has 1 atom stereocenters. The van der Waals surface area contributed by atoms with E-state index in [9.17, 15) is 9.59 Å². The SMILES string of the molecule is CC(C)(C)OC(=O)N1CCC(C(=O)/N=N\O)C1. The fraction of sp³-hybridized carbons (Fsp3) is 0.800. The van der Waals surface area contributed by atoms with Gasteiger partial charge in [0.2, 0.25) is 0 Å². The van der Waals surface area contributed by atoms with Crippen LogP contribution in [0.3, 0.4) is 0 Å². The molecule has 0 bridgehead atoms. The quantitative estimate of drug-likeness (QED) is 0.559. The van der Waals surface area contributed by atoms with Crippen molar-refractivity contribution in [3.63, 3.8) is 0 Å². The Morgan fingerprint density at radius 3 is 2.59 bits per heavy atom. The van der Waals surface area contributed by atoms with Gasteiger partial charge in [-0.05, 0) is 27.2 Å². The molecule has 0 aliphatic carbocycles. The van der Waals surface area contributed by atoms with Crippen LogP contribution in [-0.2, 0) is 9.53 Å². The van der Waals surface area contributed by atoms with Crippen LogP contribution in [0.4, 0.5) is 4.79 Å². The van der Waals surface area contributed by atoms with Crippen molar-refractivity contribution in [1.82, 2.24) is 4.90 Å². The summed E-state index contributed by atoms with van der Waals surface area (Å²) < 4.78 is 5.18. The number of likely N-dealkylation sites (tertiary alicyclic amines) is 1. The van der Waals surface area contributed by atoms with Gasteiger partial charge >= 0.3 is 6.09 Å². The first-order chi connectivity index (χ1) is 7.83. The van der Waals surface area contributed by atoms with Gasteiger partial charge in [-0.25, -0.2) is 4.79 Å². The number of hydrogen-bond donors (Lipinski definition) is 1. The van der Waals surface area contributed by atoms with Crippen LogP contribution in [0.2, 0.25) is 0 Å². The van der Waals surface area contributed by atoms with Gasteiger partial charge in [-0.3, -0.25) is 4.79 Å². The van der Waals surface area contributed by atoms with Gasteiger partial charge in [-0.2, -0.15) is 0 Å². The number of hydrogen-bond acceptors (Lipinski definition) is 4. The van der Waals surface area contributed by atoms with E-state index in [-0.39, 0.29) is 6.54 Å². The largest absolute Gasteiger partial charge is 0.444 e. The van der Waals surface area contributed by atoms with Crippen LogP contribution in [0.5, 0.6) is 0 Å². The van der Waals surface area contributed by atoms with Gasteiger partial charge in [0.25, 0.3) is 5.91 Å². The predicted octanol–water partition coefficient (Wildman–Crippen LogP) is 1.61. The summed E-state index contributed by atoms with van der Waals surface area (Å²) in [6, 6.07) is 0. The molecule has 1 heterocycles. The van der Waals surface area contributed by atoms with Crippen LogP contribution >= 0.6 is 0 Å². The maximum Gasteiger partial charge on any atom is 0.410 e. The summed E-state index contributed by atoms with van der Waals surface area (Å²) >= 11 is 0. The van der Waals surface area contributed by atoms with Gasteiger partial charge in [0.1, 0.15) is 5.60 Å². The van der Waals surface area contributed by atoms with Crippen molar-refractivity contribution in [2.45, 2.75) is 32.8 Å². The third-order valence-corrected chi connectivity index (χ3v) is 2.33. The molecule has 0 saturated carbocycles. The lowest BCUT2D eigenvalue weighted by atomic mass is 10.1. The Kier molecular flexibility index (Phi) is 4.03. The molecule has 0 radical (unpaired) electrons. The second-order valence-electron chi connectivity index (χ2n) is 4.94. The van der Waals surface area contributed by atoms with Crippen molar-refractivity contribution in [3.05, 3.63) is 0 Å². The van der Waals surface area contributed by atoms with Crippen LogP contribution in [0.25, 0.3) is 0 Å². The van der Waals surface area contributed by atoms with Gasteiger partial charge in [0, 0.05) is 18.4 Å². The van der Waals surface area contributed by atoms with Crippen LogP contribution < -0.4 is 0 Å². The number of carbonyl (C=O) groups is 2. The molecular formula is C10H17N3O4. The minimum Gasteiger partial charge on any atom is -0.444 e. The Morgan fingerprint density at radius 2 is 2.06 bits per heavy atom. The Hall–Kier alpha value is -1.66. The summed E-state index contributed by atoms with van der Waals surface area (Å²) in [5.41, 5.74) is -0.552. The van der Waals surface area contributed by atoms with Gasteiger partial charge < -0.3 is 14.8 Å². The highest BCUT2D eigenvalue weighted by atomic mass is 16.6. The summed E-state index contributed by atoms with van der Waals surface area (Å²) in [6.45, 7) is 6.05. The zero-order valence-electron chi connectivity index (χ0n) is 10.2. The summed E-state index contributed by atoms with van der Waals surface area (Å²) in [7, 11) is 0. The van der Waals surface area contributed by atoms with Gasteiger partial charge in [-0.15, -0.1) is 0 Å². The van der Waals surface area contributed by atoms with E-state index in [1.807, 2.05) is 0 Å². The number of nitrogens with zero attached hydrogens (tertiary/aromatic N) is 3. The highest BCUT2D eigenvalue weighted by Crippen LogP contribution is 2.20. The smallest absolute Gasteiger partial charge is 0.410 e. The number of ether oxygens (including phenoxy) is 1. The van der Waals surface area contributed by atoms with Gasteiger partial charge in [0.05, 0.1) is 5.92 Å². The molecule has 1 unspecified atom stereocenters. The van der Waals surface area contributed by atoms with Crippen molar-refractivity contribution in [2.75, 3.05) is 13.1 Å². The third kappa shape index (κ3) is 4.01. The van der Waals surface area contributed by atoms with E-state index < -0.39 is 23.5 Å². The fourth-order valence-electron chi connectivity index (χ4n) is 1.58. The lowest BCUT2D eigenvalue weighted by Gasteiger charge is -2.24. The van der Waals surface area contributed by atoms with E-state index in [0.29, 0.717) is 13.0 Å². The van der Waals surface area contributed by atoms with Crippen molar-refractivity contribution < 1.29 is 19.5 Å². The molecule has 2 amide bonds. The van der Waals surface area contributed by atoms with E-state index in [1.54, 1.807) is 20.8 Å². The molecule has 1 aliphatic rings. The lowest BCUT2D eigenvalue weighted by Crippen LogP contribution is -2.35. The van der Waals surface area contributed by atoms with Crippen LogP contribution in [-0.4, -0.2) is 40.8 Å². The zero-order chi connectivity index (χ0) is 13.1. The summed E-state index contributed by atoms with van der Waals surface area (Å²) in [5, 5.41) is 13.6. The first-order valence-corrected chi connectivity index (χ1v) is 5.40. The molecule has 1 N–H and O–H groups in total. The Balaban J connectivity index is 2.50. The predicted molar refractivity (Wildman–Crippen MR) is 57.6 cm³/mol. The average Bonchev–Trinajstić information content (AvgIpc) is 2.63. The maximum atomic E-state index is 11.7. The molecule has 0 aromatic rings. The number of carbonyl (C=O) groups excluding carboxylic acids is 2. The monoisotopic (exact) mass is 243 g/mol. The number of rotatable bonds is 1. The molecule has 7 nitrogen and oxygen atoms in total. The van der Waals surface area contributed by atoms with Crippen molar-refractivity contribution in [1.29, 1.82) is 0 Å². The highest BCUT2D eigenvalue weighted by Gasteiger charge is 2.33. The molecule has 1 saturated heterocycles. The molecule has 0 aromatic heterocycles. The molecular weight excluding hydrogens is 226 g/mol. The fourth-order valence-corrected chi connectivity index (χ4v) is 1.58. The summed E-state index contributed by atoms with van der Waals surface area (Å²) in [5.74, 6) is -0.919. The molecule has 1 fully saturated rings. The normalized spacial score (nSPS) is 20.9. The molecule has 7 heteroatoms. The van der Waals surface area contributed by atoms with Crippen molar-refractivity contribution >= 4 is 12.0 Å². The second-order valence-corrected chi connectivity index (χ2v) is 4.94. The van der Waals surface area contributed by atoms with Crippen molar-refractivity contribution in [2.24, 2.45) is 16.3 Å². The third-order valence-electron chi connectivity index (χ3n) is 2.33. The first-order valence-electron chi connectivity index (χ1n) is 5.40. The average molecular weight is 243 g/mol. The molecule has 17 heavy (non-hydrogen) atoms. The molecule has 0 spiro atoms. The van der Waals surface area contributed by atoms with Gasteiger partial charge in [0.15, 0.2) is 0 Å². The first kappa shape index (κ1) is 13.4. The molecule has 96 valence electrons. The Morgan fingerprint density at radius 1 is 1.41 bits per heavy atom. The standard InChI is InChI=1S/C10H17N3O4/c1-10(2,3)17-9(15)13-5-4-7(6-13)8(14)11-12-16/h7H,4-6H2,1-3H3,(H,11,14,16). The zero-order valence-corrected chi connectivity index (χ0v) is 10.2. The molecule has 1 rings (SSSR count). The second kappa shape index (κ2) is 5.11. The highest BCUT2D eigenvalue weighted by molar-refractivity contribution is 5.80. The van der Waals surface area contributed by atoms with E-state index >= 15 is 0 Å². The summed E-state index contributed by atoms with van der Waals surface area (Å²) in [4.78, 5) is 24.4. The van der Waals surface area contributed by atoms with E-state index in [2.05, 4.69) is 10.4 Å². The lowest BCUT2D eigenvalue weighted by molar-refractivity contribution is -0.122.